The van der Waals surface area contributed by atoms with Crippen LogP contribution in [0.15, 0.2) is 22.9 Å². The Labute approximate surface area is 105 Å². The van der Waals surface area contributed by atoms with Crippen LogP contribution in [0.2, 0.25) is 0 Å². The van der Waals surface area contributed by atoms with Crippen LogP contribution in [0.25, 0.3) is 11.4 Å². The highest BCUT2D eigenvalue weighted by Crippen LogP contribution is 2.38. The molecule has 0 N–H and O–H groups in total. The third kappa shape index (κ3) is 1.86. The van der Waals surface area contributed by atoms with Gasteiger partial charge < -0.3 is 4.57 Å². The molecule has 1 aliphatic rings. The van der Waals surface area contributed by atoms with Crippen molar-refractivity contribution in [3.05, 3.63) is 34.6 Å². The molecule has 1 saturated carbocycles. The van der Waals surface area contributed by atoms with Gasteiger partial charge >= 0.3 is 0 Å². The van der Waals surface area contributed by atoms with E-state index in [9.17, 15) is 8.78 Å². The summed E-state index contributed by atoms with van der Waals surface area (Å²) in [6, 6.07) is 2.73. The SMILES string of the molecule is Fc1cc(Br)cc(F)c1-c1nncn1C1CC1. The molecule has 1 aromatic heterocycles. The number of hydrogen-bond donors (Lipinski definition) is 0. The number of halogens is 3. The van der Waals surface area contributed by atoms with E-state index in [4.69, 9.17) is 0 Å². The monoisotopic (exact) mass is 299 g/mol. The first-order chi connectivity index (χ1) is 8.16. The van der Waals surface area contributed by atoms with E-state index in [1.54, 1.807) is 4.57 Å². The Bertz CT molecular complexity index is 555. The summed E-state index contributed by atoms with van der Waals surface area (Å²) in [7, 11) is 0. The summed E-state index contributed by atoms with van der Waals surface area (Å²) in [5, 5.41) is 7.55. The molecule has 0 saturated heterocycles. The number of hydrogen-bond acceptors (Lipinski definition) is 2. The maximum atomic E-state index is 13.8. The average Bonchev–Trinajstić information content (AvgIpc) is 2.98. The number of rotatable bonds is 2. The summed E-state index contributed by atoms with van der Waals surface area (Å²) in [5.74, 6) is -1.01. The zero-order chi connectivity index (χ0) is 12.0. The van der Waals surface area contributed by atoms with E-state index in [0.29, 0.717) is 4.47 Å². The Morgan fingerprint density at radius 3 is 2.47 bits per heavy atom. The van der Waals surface area contributed by atoms with Crippen molar-refractivity contribution in [3.8, 4) is 11.4 Å². The van der Waals surface area contributed by atoms with Gasteiger partial charge in [-0.25, -0.2) is 8.78 Å². The lowest BCUT2D eigenvalue weighted by Crippen LogP contribution is -2.00. The van der Waals surface area contributed by atoms with Crippen molar-refractivity contribution in [2.24, 2.45) is 0 Å². The van der Waals surface area contributed by atoms with Gasteiger partial charge in [-0.05, 0) is 25.0 Å². The largest absolute Gasteiger partial charge is 0.310 e. The van der Waals surface area contributed by atoms with Crippen LogP contribution in [0.5, 0.6) is 0 Å². The lowest BCUT2D eigenvalue weighted by atomic mass is 10.2. The molecule has 0 atom stereocenters. The number of aromatic nitrogens is 3. The maximum Gasteiger partial charge on any atom is 0.169 e. The van der Waals surface area contributed by atoms with Crippen molar-refractivity contribution in [3.63, 3.8) is 0 Å². The first kappa shape index (κ1) is 10.8. The Morgan fingerprint density at radius 1 is 1.24 bits per heavy atom. The summed E-state index contributed by atoms with van der Waals surface area (Å²) in [6.45, 7) is 0. The first-order valence-electron chi connectivity index (χ1n) is 5.21. The van der Waals surface area contributed by atoms with Crippen LogP contribution < -0.4 is 0 Å². The average molecular weight is 300 g/mol. The number of benzene rings is 1. The topological polar surface area (TPSA) is 30.7 Å². The van der Waals surface area contributed by atoms with Crippen molar-refractivity contribution in [1.82, 2.24) is 14.8 Å². The van der Waals surface area contributed by atoms with Gasteiger partial charge in [0.1, 0.15) is 18.0 Å². The van der Waals surface area contributed by atoms with Crippen molar-refractivity contribution in [2.75, 3.05) is 0 Å². The van der Waals surface area contributed by atoms with Gasteiger partial charge in [0, 0.05) is 10.5 Å². The maximum absolute atomic E-state index is 13.8. The van der Waals surface area contributed by atoms with Gasteiger partial charge in [-0.1, -0.05) is 15.9 Å². The van der Waals surface area contributed by atoms with Gasteiger partial charge in [-0.2, -0.15) is 0 Å². The minimum atomic E-state index is -0.633. The van der Waals surface area contributed by atoms with Crippen molar-refractivity contribution in [2.45, 2.75) is 18.9 Å². The third-order valence-electron chi connectivity index (χ3n) is 2.74. The molecule has 0 radical (unpaired) electrons. The van der Waals surface area contributed by atoms with Crippen LogP contribution in [-0.4, -0.2) is 14.8 Å². The van der Waals surface area contributed by atoms with Crippen LogP contribution >= 0.6 is 15.9 Å². The molecule has 0 amide bonds. The van der Waals surface area contributed by atoms with Gasteiger partial charge in [-0.3, -0.25) is 0 Å². The summed E-state index contributed by atoms with van der Waals surface area (Å²) in [6.07, 6.45) is 3.53. The van der Waals surface area contributed by atoms with E-state index in [2.05, 4.69) is 26.1 Å². The predicted molar refractivity (Wildman–Crippen MR) is 61.3 cm³/mol. The summed E-state index contributed by atoms with van der Waals surface area (Å²) < 4.78 is 29.7. The van der Waals surface area contributed by atoms with E-state index in [-0.39, 0.29) is 17.4 Å². The molecule has 1 heterocycles. The molecule has 1 aliphatic carbocycles. The highest BCUT2D eigenvalue weighted by molar-refractivity contribution is 9.10. The van der Waals surface area contributed by atoms with Crippen LogP contribution in [0.4, 0.5) is 8.78 Å². The molecule has 88 valence electrons. The number of nitrogens with zero attached hydrogens (tertiary/aromatic N) is 3. The van der Waals surface area contributed by atoms with Gasteiger partial charge in [0.25, 0.3) is 0 Å². The van der Waals surface area contributed by atoms with E-state index >= 15 is 0 Å². The Hall–Kier alpha value is -1.30. The highest BCUT2D eigenvalue weighted by Gasteiger charge is 2.28. The molecule has 6 heteroatoms. The minimum Gasteiger partial charge on any atom is -0.310 e. The zero-order valence-corrected chi connectivity index (χ0v) is 10.3. The standard InChI is InChI=1S/C11H8BrF2N3/c12-6-3-8(13)10(9(14)4-6)11-16-15-5-17(11)7-1-2-7/h3-5,7H,1-2H2. The first-order valence-corrected chi connectivity index (χ1v) is 6.00. The Morgan fingerprint density at radius 2 is 1.88 bits per heavy atom. The lowest BCUT2D eigenvalue weighted by Gasteiger charge is -2.07. The van der Waals surface area contributed by atoms with E-state index in [1.807, 2.05) is 0 Å². The summed E-state index contributed by atoms with van der Waals surface area (Å²) in [5.41, 5.74) is -0.113. The quantitative estimate of drug-likeness (QED) is 0.852. The third-order valence-corrected chi connectivity index (χ3v) is 3.20. The molecular formula is C11H8BrF2N3. The molecule has 17 heavy (non-hydrogen) atoms. The second kappa shape index (κ2) is 3.87. The molecule has 0 spiro atoms. The molecule has 3 rings (SSSR count). The van der Waals surface area contributed by atoms with Crippen LogP contribution in [0, 0.1) is 11.6 Å². The van der Waals surface area contributed by atoms with Gasteiger partial charge in [0.15, 0.2) is 5.82 Å². The van der Waals surface area contributed by atoms with E-state index in [0.717, 1.165) is 12.8 Å². The summed E-state index contributed by atoms with van der Waals surface area (Å²) >= 11 is 3.05. The molecule has 0 bridgehead atoms. The van der Waals surface area contributed by atoms with Gasteiger partial charge in [0.2, 0.25) is 0 Å². The van der Waals surface area contributed by atoms with Crippen molar-refractivity contribution >= 4 is 15.9 Å². The normalized spacial score (nSPS) is 15.2. The van der Waals surface area contributed by atoms with Gasteiger partial charge in [-0.15, -0.1) is 10.2 Å². The highest BCUT2D eigenvalue weighted by atomic mass is 79.9. The summed E-state index contributed by atoms with van der Waals surface area (Å²) in [4.78, 5) is 0. The van der Waals surface area contributed by atoms with Crippen molar-refractivity contribution < 1.29 is 8.78 Å². The fourth-order valence-corrected chi connectivity index (χ4v) is 2.20. The van der Waals surface area contributed by atoms with Crippen LogP contribution in [0.1, 0.15) is 18.9 Å². The second-order valence-corrected chi connectivity index (χ2v) is 4.95. The fourth-order valence-electron chi connectivity index (χ4n) is 1.80. The predicted octanol–water partition coefficient (Wildman–Crippen LogP) is 3.32. The molecule has 3 nitrogen and oxygen atoms in total. The molecule has 0 unspecified atom stereocenters. The van der Waals surface area contributed by atoms with Crippen molar-refractivity contribution in [1.29, 1.82) is 0 Å². The Kier molecular flexibility index (Phi) is 2.47. The second-order valence-electron chi connectivity index (χ2n) is 4.04. The Balaban J connectivity index is 2.17. The lowest BCUT2D eigenvalue weighted by molar-refractivity contribution is 0.582. The van der Waals surface area contributed by atoms with E-state index in [1.165, 1.54) is 18.5 Å². The molecule has 0 aliphatic heterocycles. The minimum absolute atomic E-state index is 0.113. The molecule has 1 aromatic carbocycles. The molecule has 1 fully saturated rings. The molecular weight excluding hydrogens is 292 g/mol. The van der Waals surface area contributed by atoms with Gasteiger partial charge in [0.05, 0.1) is 5.56 Å². The van der Waals surface area contributed by atoms with Crippen LogP contribution in [0.3, 0.4) is 0 Å². The fraction of sp³-hybridized carbons (Fsp3) is 0.273. The smallest absolute Gasteiger partial charge is 0.169 e. The molecule has 2 aromatic rings. The van der Waals surface area contributed by atoms with E-state index < -0.39 is 11.6 Å². The van der Waals surface area contributed by atoms with Crippen LogP contribution in [-0.2, 0) is 0 Å². The zero-order valence-electron chi connectivity index (χ0n) is 8.70.